The van der Waals surface area contributed by atoms with Gasteiger partial charge in [0.15, 0.2) is 0 Å². The molecule has 1 rings (SSSR count). The van der Waals surface area contributed by atoms with Gasteiger partial charge < -0.3 is 10.1 Å². The topological polar surface area (TPSA) is 21.3 Å². The molecule has 0 aromatic rings. The lowest BCUT2D eigenvalue weighted by atomic mass is 9.97. The van der Waals surface area contributed by atoms with Gasteiger partial charge in [0.05, 0.1) is 6.10 Å². The van der Waals surface area contributed by atoms with E-state index in [1.165, 1.54) is 77.2 Å². The SMILES string of the molecule is CCCCCCCCCCCCOC1CNCCC1C. The van der Waals surface area contributed by atoms with Crippen molar-refractivity contribution in [3.05, 3.63) is 0 Å². The van der Waals surface area contributed by atoms with Crippen LogP contribution in [0.1, 0.15) is 84.5 Å². The van der Waals surface area contributed by atoms with Crippen LogP contribution in [0.5, 0.6) is 0 Å². The molecule has 2 atom stereocenters. The molecule has 20 heavy (non-hydrogen) atoms. The molecule has 1 saturated heterocycles. The lowest BCUT2D eigenvalue weighted by Crippen LogP contribution is -2.41. The van der Waals surface area contributed by atoms with E-state index < -0.39 is 0 Å². The minimum absolute atomic E-state index is 0.460. The predicted octanol–water partition coefficient (Wildman–Crippen LogP) is 4.92. The second-order valence-corrected chi connectivity index (χ2v) is 6.56. The first-order valence-electron chi connectivity index (χ1n) is 9.17. The number of hydrogen-bond acceptors (Lipinski definition) is 2. The quantitative estimate of drug-likeness (QED) is 0.513. The van der Waals surface area contributed by atoms with Gasteiger partial charge in [-0.1, -0.05) is 71.6 Å². The van der Waals surface area contributed by atoms with Crippen LogP contribution in [-0.2, 0) is 4.74 Å². The summed E-state index contributed by atoms with van der Waals surface area (Å²) >= 11 is 0. The van der Waals surface area contributed by atoms with E-state index in [-0.39, 0.29) is 0 Å². The molecule has 2 nitrogen and oxygen atoms in total. The Morgan fingerprint density at radius 3 is 2.10 bits per heavy atom. The normalized spacial score (nSPS) is 23.1. The lowest BCUT2D eigenvalue weighted by Gasteiger charge is -2.29. The number of nitrogens with one attached hydrogen (secondary N) is 1. The van der Waals surface area contributed by atoms with Crippen molar-refractivity contribution in [3.8, 4) is 0 Å². The fourth-order valence-electron chi connectivity index (χ4n) is 3.01. The van der Waals surface area contributed by atoms with Gasteiger partial charge in [-0.3, -0.25) is 0 Å². The van der Waals surface area contributed by atoms with Crippen molar-refractivity contribution in [1.82, 2.24) is 5.32 Å². The number of unbranched alkanes of at least 4 members (excludes halogenated alkanes) is 9. The average Bonchev–Trinajstić information content (AvgIpc) is 2.46. The van der Waals surface area contributed by atoms with Gasteiger partial charge in [-0.25, -0.2) is 0 Å². The summed E-state index contributed by atoms with van der Waals surface area (Å²) in [5, 5.41) is 3.43. The van der Waals surface area contributed by atoms with Crippen LogP contribution in [0.15, 0.2) is 0 Å². The van der Waals surface area contributed by atoms with E-state index in [1.54, 1.807) is 0 Å². The molecule has 0 aromatic carbocycles. The molecule has 0 aliphatic carbocycles. The monoisotopic (exact) mass is 283 g/mol. The number of ether oxygens (including phenoxy) is 1. The largest absolute Gasteiger partial charge is 0.377 e. The van der Waals surface area contributed by atoms with Gasteiger partial charge in [-0.15, -0.1) is 0 Å². The maximum absolute atomic E-state index is 6.00. The van der Waals surface area contributed by atoms with Crippen LogP contribution in [-0.4, -0.2) is 25.8 Å². The molecule has 0 saturated carbocycles. The third-order valence-corrected chi connectivity index (χ3v) is 4.59. The number of rotatable bonds is 12. The third kappa shape index (κ3) is 8.97. The molecule has 1 heterocycles. The van der Waals surface area contributed by atoms with Crippen molar-refractivity contribution in [1.29, 1.82) is 0 Å². The van der Waals surface area contributed by atoms with Crippen LogP contribution >= 0.6 is 0 Å². The fraction of sp³-hybridized carbons (Fsp3) is 1.00. The van der Waals surface area contributed by atoms with E-state index in [1.807, 2.05) is 0 Å². The zero-order chi connectivity index (χ0) is 14.5. The first kappa shape index (κ1) is 18.0. The third-order valence-electron chi connectivity index (χ3n) is 4.59. The Bertz CT molecular complexity index is 208. The zero-order valence-electron chi connectivity index (χ0n) is 14.0. The maximum atomic E-state index is 6.00. The van der Waals surface area contributed by atoms with Crippen molar-refractivity contribution in [2.45, 2.75) is 90.6 Å². The van der Waals surface area contributed by atoms with Crippen LogP contribution in [0, 0.1) is 5.92 Å². The minimum atomic E-state index is 0.460. The van der Waals surface area contributed by atoms with Gasteiger partial charge in [-0.2, -0.15) is 0 Å². The van der Waals surface area contributed by atoms with E-state index in [2.05, 4.69) is 19.2 Å². The molecule has 1 fully saturated rings. The van der Waals surface area contributed by atoms with Crippen molar-refractivity contribution >= 4 is 0 Å². The summed E-state index contributed by atoms with van der Waals surface area (Å²) in [6.45, 7) is 7.79. The Hall–Kier alpha value is -0.0800. The van der Waals surface area contributed by atoms with Gasteiger partial charge in [-0.05, 0) is 25.3 Å². The average molecular weight is 283 g/mol. The van der Waals surface area contributed by atoms with Gasteiger partial charge in [0.25, 0.3) is 0 Å². The smallest absolute Gasteiger partial charge is 0.0725 e. The van der Waals surface area contributed by atoms with E-state index in [4.69, 9.17) is 4.74 Å². The van der Waals surface area contributed by atoms with Crippen LogP contribution in [0.25, 0.3) is 0 Å². The molecule has 1 aliphatic heterocycles. The number of piperidine rings is 1. The Kier molecular flexibility index (Phi) is 11.4. The summed E-state index contributed by atoms with van der Waals surface area (Å²) in [6, 6.07) is 0. The van der Waals surface area contributed by atoms with Crippen molar-refractivity contribution in [2.75, 3.05) is 19.7 Å². The van der Waals surface area contributed by atoms with Crippen LogP contribution in [0.3, 0.4) is 0 Å². The second kappa shape index (κ2) is 12.6. The summed E-state index contributed by atoms with van der Waals surface area (Å²) in [7, 11) is 0. The van der Waals surface area contributed by atoms with Gasteiger partial charge in [0, 0.05) is 13.2 Å². The molecule has 2 heteroatoms. The van der Waals surface area contributed by atoms with Crippen LogP contribution < -0.4 is 5.32 Å². The zero-order valence-corrected chi connectivity index (χ0v) is 14.0. The minimum Gasteiger partial charge on any atom is -0.377 e. The summed E-state index contributed by atoms with van der Waals surface area (Å²) in [4.78, 5) is 0. The molecule has 0 amide bonds. The molecule has 2 unspecified atom stereocenters. The van der Waals surface area contributed by atoms with E-state index in [0.717, 1.165) is 19.1 Å². The molecule has 120 valence electrons. The van der Waals surface area contributed by atoms with Gasteiger partial charge in [0.1, 0.15) is 0 Å². The Morgan fingerprint density at radius 2 is 1.50 bits per heavy atom. The van der Waals surface area contributed by atoms with E-state index >= 15 is 0 Å². The van der Waals surface area contributed by atoms with Crippen LogP contribution in [0.4, 0.5) is 0 Å². The molecular formula is C18H37NO. The van der Waals surface area contributed by atoms with Gasteiger partial charge >= 0.3 is 0 Å². The summed E-state index contributed by atoms with van der Waals surface area (Å²) in [6.07, 6.45) is 15.7. The van der Waals surface area contributed by atoms with E-state index in [0.29, 0.717) is 6.10 Å². The van der Waals surface area contributed by atoms with Crippen molar-refractivity contribution < 1.29 is 4.74 Å². The molecule has 1 aliphatic rings. The maximum Gasteiger partial charge on any atom is 0.0725 e. The molecular weight excluding hydrogens is 246 g/mol. The lowest BCUT2D eigenvalue weighted by molar-refractivity contribution is 0.00235. The first-order valence-corrected chi connectivity index (χ1v) is 9.17. The molecule has 0 spiro atoms. The highest BCUT2D eigenvalue weighted by atomic mass is 16.5. The summed E-state index contributed by atoms with van der Waals surface area (Å²) in [5.74, 6) is 0.736. The highest BCUT2D eigenvalue weighted by molar-refractivity contribution is 4.75. The Morgan fingerprint density at radius 1 is 0.900 bits per heavy atom. The highest BCUT2D eigenvalue weighted by Gasteiger charge is 2.20. The van der Waals surface area contributed by atoms with Crippen molar-refractivity contribution in [3.63, 3.8) is 0 Å². The molecule has 0 radical (unpaired) electrons. The Balaban J connectivity index is 1.78. The standard InChI is InChI=1S/C18H37NO/c1-3-4-5-6-7-8-9-10-11-12-15-20-18-16-19-14-13-17(18)2/h17-19H,3-16H2,1-2H3. The number of hydrogen-bond donors (Lipinski definition) is 1. The summed E-state index contributed by atoms with van der Waals surface area (Å²) < 4.78 is 6.00. The Labute approximate surface area is 127 Å². The van der Waals surface area contributed by atoms with Gasteiger partial charge in [0.2, 0.25) is 0 Å². The molecule has 1 N–H and O–H groups in total. The molecule has 0 bridgehead atoms. The fourth-order valence-corrected chi connectivity index (χ4v) is 3.01. The second-order valence-electron chi connectivity index (χ2n) is 6.56. The summed E-state index contributed by atoms with van der Waals surface area (Å²) in [5.41, 5.74) is 0. The highest BCUT2D eigenvalue weighted by Crippen LogP contribution is 2.15. The van der Waals surface area contributed by atoms with Crippen LogP contribution in [0.2, 0.25) is 0 Å². The predicted molar refractivity (Wildman–Crippen MR) is 88.2 cm³/mol. The van der Waals surface area contributed by atoms with Crippen molar-refractivity contribution in [2.24, 2.45) is 5.92 Å². The van der Waals surface area contributed by atoms with E-state index in [9.17, 15) is 0 Å². The first-order chi connectivity index (χ1) is 9.84. The molecule has 0 aromatic heterocycles.